The minimum atomic E-state index is -0.884. The van der Waals surface area contributed by atoms with Crippen molar-refractivity contribution in [2.45, 2.75) is 31.8 Å². The Labute approximate surface area is 192 Å². The zero-order valence-corrected chi connectivity index (χ0v) is 19.0. The van der Waals surface area contributed by atoms with Crippen molar-refractivity contribution in [3.8, 4) is 5.88 Å². The van der Waals surface area contributed by atoms with Crippen LogP contribution in [-0.4, -0.2) is 80.7 Å². The largest absolute Gasteiger partial charge is 0.481 e. The number of imidazole rings is 1. The first-order chi connectivity index (χ1) is 16.0. The molecule has 2 aliphatic rings. The number of piperazine rings is 1. The van der Waals surface area contributed by atoms with Crippen LogP contribution in [0.25, 0.3) is 5.65 Å². The number of pyridine rings is 1. The van der Waals surface area contributed by atoms with E-state index in [4.69, 9.17) is 9.72 Å². The summed E-state index contributed by atoms with van der Waals surface area (Å²) in [7, 11) is 3.72. The Balaban J connectivity index is 1.40. The second-order valence-electron chi connectivity index (χ2n) is 8.69. The zero-order chi connectivity index (χ0) is 22.9. The number of carboxylic acid groups (broad SMARTS) is 1. The number of ether oxygens (including phenoxy) is 1. The Morgan fingerprint density at radius 2 is 2.09 bits per heavy atom. The molecule has 3 aromatic heterocycles. The zero-order valence-electron chi connectivity index (χ0n) is 19.0. The summed E-state index contributed by atoms with van der Waals surface area (Å²) in [6, 6.07) is 6.30. The molecule has 1 fully saturated rings. The van der Waals surface area contributed by atoms with Gasteiger partial charge in [-0.3, -0.25) is 14.3 Å². The van der Waals surface area contributed by atoms with Crippen molar-refractivity contribution < 1.29 is 14.6 Å². The van der Waals surface area contributed by atoms with Crippen molar-refractivity contribution in [2.75, 3.05) is 45.2 Å². The van der Waals surface area contributed by atoms with Crippen LogP contribution in [-0.2, 0) is 13.0 Å². The summed E-state index contributed by atoms with van der Waals surface area (Å²) in [5.41, 5.74) is 4.23. The van der Waals surface area contributed by atoms with Gasteiger partial charge in [-0.1, -0.05) is 6.07 Å². The molecule has 4 heterocycles. The third kappa shape index (κ3) is 4.18. The summed E-state index contributed by atoms with van der Waals surface area (Å²) >= 11 is 0. The molecule has 0 saturated carbocycles. The molecule has 0 spiro atoms. The van der Waals surface area contributed by atoms with Crippen molar-refractivity contribution in [1.29, 1.82) is 0 Å². The SMILES string of the molecule is COc1cc2nc(CN(C)C3CCCc4cccnc43)cn2c(N2CCN(C(=O)O)CC2)n1. The molecule has 1 atom stereocenters. The summed E-state index contributed by atoms with van der Waals surface area (Å²) in [6.45, 7) is 2.71. The van der Waals surface area contributed by atoms with Crippen LogP contribution < -0.4 is 9.64 Å². The van der Waals surface area contributed by atoms with Gasteiger partial charge in [0.2, 0.25) is 11.8 Å². The van der Waals surface area contributed by atoms with Crippen LogP contribution in [0.5, 0.6) is 5.88 Å². The summed E-state index contributed by atoms with van der Waals surface area (Å²) in [5.74, 6) is 1.22. The number of hydrogen-bond acceptors (Lipinski definition) is 7. The Bertz CT molecular complexity index is 1160. The van der Waals surface area contributed by atoms with E-state index in [-0.39, 0.29) is 6.04 Å². The maximum atomic E-state index is 11.3. The Kier molecular flexibility index (Phi) is 5.76. The number of hydrogen-bond donors (Lipinski definition) is 1. The van der Waals surface area contributed by atoms with Crippen LogP contribution in [0.3, 0.4) is 0 Å². The Morgan fingerprint density at radius 3 is 2.85 bits per heavy atom. The maximum absolute atomic E-state index is 11.3. The fourth-order valence-corrected chi connectivity index (χ4v) is 4.88. The lowest BCUT2D eigenvalue weighted by Crippen LogP contribution is -2.49. The lowest BCUT2D eigenvalue weighted by atomic mass is 9.91. The van der Waals surface area contributed by atoms with E-state index < -0.39 is 6.09 Å². The molecule has 5 rings (SSSR count). The van der Waals surface area contributed by atoms with Crippen LogP contribution >= 0.6 is 0 Å². The fourth-order valence-electron chi connectivity index (χ4n) is 4.88. The van der Waals surface area contributed by atoms with Crippen LogP contribution in [0, 0.1) is 0 Å². The predicted molar refractivity (Wildman–Crippen MR) is 123 cm³/mol. The van der Waals surface area contributed by atoms with Gasteiger partial charge in [0.05, 0.1) is 24.5 Å². The first-order valence-corrected chi connectivity index (χ1v) is 11.3. The van der Waals surface area contributed by atoms with E-state index in [0.717, 1.165) is 36.6 Å². The van der Waals surface area contributed by atoms with Crippen LogP contribution in [0.1, 0.15) is 35.8 Å². The van der Waals surface area contributed by atoms with Gasteiger partial charge >= 0.3 is 6.09 Å². The number of aromatic nitrogens is 4. The van der Waals surface area contributed by atoms with Gasteiger partial charge in [0.1, 0.15) is 5.65 Å². The summed E-state index contributed by atoms with van der Waals surface area (Å²) in [5, 5.41) is 9.25. The predicted octanol–water partition coefficient (Wildman–Crippen LogP) is 2.44. The summed E-state index contributed by atoms with van der Waals surface area (Å²) < 4.78 is 7.40. The monoisotopic (exact) mass is 451 g/mol. The van der Waals surface area contributed by atoms with Gasteiger partial charge in [-0.15, -0.1) is 0 Å². The highest BCUT2D eigenvalue weighted by atomic mass is 16.5. The average molecular weight is 452 g/mol. The topological polar surface area (TPSA) is 99.3 Å². The van der Waals surface area contributed by atoms with E-state index in [1.54, 1.807) is 7.11 Å². The minimum Gasteiger partial charge on any atom is -0.481 e. The van der Waals surface area contributed by atoms with Gasteiger partial charge in [0, 0.05) is 51.2 Å². The number of aryl methyl sites for hydroxylation is 1. The normalized spacial score (nSPS) is 18.6. The number of nitrogens with zero attached hydrogens (tertiary/aromatic N) is 7. The molecule has 1 N–H and O–H groups in total. The fraction of sp³-hybridized carbons (Fsp3) is 0.478. The molecular formula is C23H29N7O3. The van der Waals surface area contributed by atoms with Gasteiger partial charge in [-0.25, -0.2) is 9.78 Å². The van der Waals surface area contributed by atoms with E-state index in [1.807, 2.05) is 28.9 Å². The molecule has 1 saturated heterocycles. The molecule has 1 aliphatic carbocycles. The van der Waals surface area contributed by atoms with Gasteiger partial charge < -0.3 is 19.6 Å². The van der Waals surface area contributed by atoms with E-state index >= 15 is 0 Å². The molecule has 10 nitrogen and oxygen atoms in total. The minimum absolute atomic E-state index is 0.274. The Hall–Kier alpha value is -3.40. The van der Waals surface area contributed by atoms with Crippen molar-refractivity contribution in [3.63, 3.8) is 0 Å². The van der Waals surface area contributed by atoms with Crippen LogP contribution in [0.15, 0.2) is 30.6 Å². The third-order valence-electron chi connectivity index (χ3n) is 6.61. The average Bonchev–Trinajstić information content (AvgIpc) is 3.25. The summed E-state index contributed by atoms with van der Waals surface area (Å²) in [4.78, 5) is 31.3. The number of amides is 1. The first kappa shape index (κ1) is 21.4. The molecular weight excluding hydrogens is 422 g/mol. The van der Waals surface area contributed by atoms with E-state index in [2.05, 4.69) is 32.9 Å². The van der Waals surface area contributed by atoms with Crippen molar-refractivity contribution in [3.05, 3.63) is 47.5 Å². The first-order valence-electron chi connectivity index (χ1n) is 11.3. The molecule has 1 aliphatic heterocycles. The highest BCUT2D eigenvalue weighted by molar-refractivity contribution is 5.65. The second kappa shape index (κ2) is 8.86. The van der Waals surface area contributed by atoms with Gasteiger partial charge in [0.25, 0.3) is 0 Å². The highest BCUT2D eigenvalue weighted by Gasteiger charge is 2.27. The summed E-state index contributed by atoms with van der Waals surface area (Å²) in [6.07, 6.45) is 6.36. The lowest BCUT2D eigenvalue weighted by Gasteiger charge is -2.33. The Morgan fingerprint density at radius 1 is 1.27 bits per heavy atom. The van der Waals surface area contributed by atoms with Crippen molar-refractivity contribution in [1.82, 2.24) is 29.2 Å². The highest BCUT2D eigenvalue weighted by Crippen LogP contribution is 2.33. The molecule has 0 radical (unpaired) electrons. The molecule has 174 valence electrons. The van der Waals surface area contributed by atoms with Gasteiger partial charge in [-0.05, 0) is 37.9 Å². The number of carbonyl (C=O) groups is 1. The molecule has 0 aromatic carbocycles. The quantitative estimate of drug-likeness (QED) is 0.632. The molecule has 10 heteroatoms. The molecule has 1 amide bonds. The van der Waals surface area contributed by atoms with Crippen LogP contribution in [0.4, 0.5) is 10.7 Å². The third-order valence-corrected chi connectivity index (χ3v) is 6.61. The van der Waals surface area contributed by atoms with Gasteiger partial charge in [0.15, 0.2) is 0 Å². The second-order valence-corrected chi connectivity index (χ2v) is 8.69. The molecule has 0 bridgehead atoms. The van der Waals surface area contributed by atoms with Crippen LogP contribution in [0.2, 0.25) is 0 Å². The number of anilines is 1. The number of methoxy groups -OCH3 is 1. The molecule has 3 aromatic rings. The van der Waals surface area contributed by atoms with E-state index in [1.165, 1.54) is 16.2 Å². The van der Waals surface area contributed by atoms with E-state index in [9.17, 15) is 9.90 Å². The van der Waals surface area contributed by atoms with E-state index in [0.29, 0.717) is 38.6 Å². The maximum Gasteiger partial charge on any atom is 0.407 e. The van der Waals surface area contributed by atoms with Crippen molar-refractivity contribution >= 4 is 17.7 Å². The van der Waals surface area contributed by atoms with Gasteiger partial charge in [-0.2, -0.15) is 4.98 Å². The lowest BCUT2D eigenvalue weighted by molar-refractivity contribution is 0.142. The molecule has 1 unspecified atom stereocenters. The molecule has 33 heavy (non-hydrogen) atoms. The number of rotatable bonds is 5. The smallest absolute Gasteiger partial charge is 0.407 e. The number of fused-ring (bicyclic) bond motifs is 2. The van der Waals surface area contributed by atoms with Crippen molar-refractivity contribution in [2.24, 2.45) is 0 Å². The standard InChI is InChI=1S/C23H29N7O3/c1-27(18-7-3-5-16-6-4-8-24-21(16)18)14-17-15-30-19(25-17)13-20(33-2)26-22(30)28-9-11-29(12-10-28)23(31)32/h4,6,8,13,15,18H,3,5,7,9-12,14H2,1-2H3,(H,31,32).